The lowest BCUT2D eigenvalue weighted by Crippen LogP contribution is -2.30. The normalized spacial score (nSPS) is 21.7. The molecule has 1 aliphatic heterocycles. The number of hydrogen-bond acceptors (Lipinski definition) is 4. The Morgan fingerprint density at radius 1 is 1.11 bits per heavy atom. The quantitative estimate of drug-likeness (QED) is 0.693. The lowest BCUT2D eigenvalue weighted by atomic mass is 9.74. The molecule has 3 nitrogen and oxygen atoms in total. The minimum Gasteiger partial charge on any atom is -0.294 e. The van der Waals surface area contributed by atoms with Crippen molar-refractivity contribution in [2.75, 3.05) is 0 Å². The summed E-state index contributed by atoms with van der Waals surface area (Å²) < 4.78 is 0. The van der Waals surface area contributed by atoms with E-state index >= 15 is 0 Å². The first-order valence-corrected chi connectivity index (χ1v) is 10.6. The molecule has 1 aliphatic carbocycles. The summed E-state index contributed by atoms with van der Waals surface area (Å²) in [4.78, 5) is 17.6. The number of benzene rings is 2. The van der Waals surface area contributed by atoms with Crippen LogP contribution < -0.4 is 0 Å². The molecule has 0 aromatic heterocycles. The largest absolute Gasteiger partial charge is 0.294 e. The molecule has 0 fully saturated rings. The molecule has 2 aliphatic rings. The summed E-state index contributed by atoms with van der Waals surface area (Å²) in [7, 11) is 0. The van der Waals surface area contributed by atoms with Crippen LogP contribution in [0.2, 0.25) is 0 Å². The average molecular weight is 387 g/mol. The first-order chi connectivity index (χ1) is 13.7. The zero-order valence-electron chi connectivity index (χ0n) is 15.9. The first kappa shape index (κ1) is 18.7. The van der Waals surface area contributed by atoms with Crippen LogP contribution in [0.3, 0.4) is 0 Å². The highest BCUT2D eigenvalue weighted by atomic mass is 32.2. The van der Waals surface area contributed by atoms with Crippen LogP contribution in [0.4, 0.5) is 0 Å². The molecule has 2 atom stereocenters. The molecule has 0 amide bonds. The van der Waals surface area contributed by atoms with Crippen molar-refractivity contribution in [3.05, 3.63) is 82.6 Å². The second kappa shape index (κ2) is 8.16. The number of nitrogens with zero attached hydrogens (tertiary/aromatic N) is 2. The number of carbonyl (C=O) groups excluding carboxylic acids is 1. The van der Waals surface area contributed by atoms with Gasteiger partial charge in [-0.1, -0.05) is 60.2 Å². The fraction of sp³-hybridized carbons (Fsp3) is 0.292. The number of carbonyl (C=O) groups is 1. The summed E-state index contributed by atoms with van der Waals surface area (Å²) in [6.07, 6.45) is 2.22. The molecule has 4 rings (SSSR count). The molecule has 28 heavy (non-hydrogen) atoms. The number of ketones is 1. The van der Waals surface area contributed by atoms with E-state index in [2.05, 4.69) is 42.5 Å². The van der Waals surface area contributed by atoms with Gasteiger partial charge in [-0.3, -0.25) is 4.79 Å². The molecule has 0 radical (unpaired) electrons. The summed E-state index contributed by atoms with van der Waals surface area (Å²) in [5.41, 5.74) is 5.07. The van der Waals surface area contributed by atoms with Crippen LogP contribution in [0.15, 0.2) is 70.9 Å². The van der Waals surface area contributed by atoms with Gasteiger partial charge in [0, 0.05) is 29.4 Å². The van der Waals surface area contributed by atoms with Crippen LogP contribution in [0.1, 0.15) is 41.9 Å². The summed E-state index contributed by atoms with van der Waals surface area (Å²) in [6.45, 7) is 2.05. The molecule has 2 aromatic carbocycles. The predicted molar refractivity (Wildman–Crippen MR) is 114 cm³/mol. The SMILES string of the molecule is Cc1ccc([C@H]2C3=C(CCCC3=O)N=C(SCc3ccccc3)C2C#N)cc1. The van der Waals surface area contributed by atoms with Gasteiger partial charge in [0.25, 0.3) is 0 Å². The molecular formula is C24H22N2OS. The topological polar surface area (TPSA) is 53.2 Å². The Morgan fingerprint density at radius 2 is 1.86 bits per heavy atom. The number of nitriles is 1. The highest BCUT2D eigenvalue weighted by molar-refractivity contribution is 8.13. The maximum atomic E-state index is 12.8. The molecule has 0 spiro atoms. The van der Waals surface area contributed by atoms with Crippen molar-refractivity contribution in [3.8, 4) is 6.07 Å². The molecule has 2 aromatic rings. The number of Topliss-reactive ketones (excluding diaryl/α,β-unsaturated/α-hetero) is 1. The lowest BCUT2D eigenvalue weighted by Gasteiger charge is -2.33. The molecule has 0 saturated carbocycles. The van der Waals surface area contributed by atoms with E-state index in [0.29, 0.717) is 6.42 Å². The summed E-state index contributed by atoms with van der Waals surface area (Å²) >= 11 is 1.62. The molecule has 4 heteroatoms. The van der Waals surface area contributed by atoms with Gasteiger partial charge in [-0.2, -0.15) is 5.26 Å². The highest BCUT2D eigenvalue weighted by Gasteiger charge is 2.40. The number of aryl methyl sites for hydroxylation is 1. The van der Waals surface area contributed by atoms with Crippen molar-refractivity contribution in [2.45, 2.75) is 37.9 Å². The lowest BCUT2D eigenvalue weighted by molar-refractivity contribution is -0.116. The Hall–Kier alpha value is -2.64. The van der Waals surface area contributed by atoms with Crippen LogP contribution >= 0.6 is 11.8 Å². The number of hydrogen-bond donors (Lipinski definition) is 0. The predicted octanol–water partition coefficient (Wildman–Crippen LogP) is 5.57. The third-order valence-electron chi connectivity index (χ3n) is 5.39. The second-order valence-corrected chi connectivity index (χ2v) is 8.35. The average Bonchev–Trinajstić information content (AvgIpc) is 2.73. The van der Waals surface area contributed by atoms with Gasteiger partial charge in [0.2, 0.25) is 0 Å². The highest BCUT2D eigenvalue weighted by Crippen LogP contribution is 2.45. The number of rotatable bonds is 3. The standard InChI is InChI=1S/C24H22N2OS/c1-16-10-12-18(13-11-16)22-19(14-25)24(28-15-17-6-3-2-4-7-17)26-20-8-5-9-21(27)23(20)22/h2-4,6-7,10-13,19,22H,5,8-9,15H2,1H3/t19?,22-/m1/s1. The first-order valence-electron chi connectivity index (χ1n) is 9.65. The minimum absolute atomic E-state index is 0.155. The maximum Gasteiger partial charge on any atom is 0.161 e. The van der Waals surface area contributed by atoms with Gasteiger partial charge < -0.3 is 0 Å². The van der Waals surface area contributed by atoms with Crippen molar-refractivity contribution >= 4 is 22.6 Å². The smallest absolute Gasteiger partial charge is 0.161 e. The van der Waals surface area contributed by atoms with Crippen molar-refractivity contribution in [1.82, 2.24) is 0 Å². The van der Waals surface area contributed by atoms with E-state index in [1.807, 2.05) is 25.1 Å². The number of aliphatic imine (C=N–C) groups is 1. The van der Waals surface area contributed by atoms with Gasteiger partial charge in [-0.25, -0.2) is 4.99 Å². The van der Waals surface area contributed by atoms with Gasteiger partial charge >= 0.3 is 0 Å². The van der Waals surface area contributed by atoms with E-state index in [0.717, 1.165) is 40.5 Å². The van der Waals surface area contributed by atoms with Crippen molar-refractivity contribution < 1.29 is 4.79 Å². The molecule has 1 unspecified atom stereocenters. The zero-order chi connectivity index (χ0) is 19.5. The van der Waals surface area contributed by atoms with Crippen LogP contribution in [0.5, 0.6) is 0 Å². The second-order valence-electron chi connectivity index (χ2n) is 7.36. The van der Waals surface area contributed by atoms with Gasteiger partial charge in [0.15, 0.2) is 5.78 Å². The van der Waals surface area contributed by atoms with E-state index in [1.165, 1.54) is 11.1 Å². The summed E-state index contributed by atoms with van der Waals surface area (Å²) in [6, 6.07) is 20.9. The number of thioether (sulfide) groups is 1. The van der Waals surface area contributed by atoms with Gasteiger partial charge in [-0.05, 0) is 30.9 Å². The van der Waals surface area contributed by atoms with Gasteiger partial charge in [0.1, 0.15) is 5.92 Å². The monoisotopic (exact) mass is 386 g/mol. The number of allylic oxidation sites excluding steroid dienone is 2. The molecule has 0 N–H and O–H groups in total. The molecule has 1 heterocycles. The van der Waals surface area contributed by atoms with E-state index in [9.17, 15) is 10.1 Å². The van der Waals surface area contributed by atoms with E-state index < -0.39 is 5.92 Å². The zero-order valence-corrected chi connectivity index (χ0v) is 16.7. The Kier molecular flexibility index (Phi) is 5.45. The van der Waals surface area contributed by atoms with Crippen molar-refractivity contribution in [1.29, 1.82) is 5.26 Å². The third-order valence-corrected chi connectivity index (χ3v) is 6.51. The molecule has 0 saturated heterocycles. The molecule has 0 bridgehead atoms. The van der Waals surface area contributed by atoms with E-state index in [-0.39, 0.29) is 11.7 Å². The Balaban J connectivity index is 1.73. The Bertz CT molecular complexity index is 984. The Labute approximate surface area is 170 Å². The Morgan fingerprint density at radius 3 is 2.57 bits per heavy atom. The molecule has 140 valence electrons. The van der Waals surface area contributed by atoms with E-state index in [4.69, 9.17) is 4.99 Å². The van der Waals surface area contributed by atoms with Gasteiger partial charge in [-0.15, -0.1) is 11.8 Å². The third kappa shape index (κ3) is 3.68. The fourth-order valence-electron chi connectivity index (χ4n) is 3.94. The minimum atomic E-state index is -0.419. The summed E-state index contributed by atoms with van der Waals surface area (Å²) in [5.74, 6) is 0.291. The van der Waals surface area contributed by atoms with Gasteiger partial charge in [0.05, 0.1) is 11.1 Å². The maximum absolute atomic E-state index is 12.8. The van der Waals surface area contributed by atoms with E-state index in [1.54, 1.807) is 11.8 Å². The van der Waals surface area contributed by atoms with Crippen LogP contribution in [0, 0.1) is 24.2 Å². The van der Waals surface area contributed by atoms with Crippen LogP contribution in [-0.4, -0.2) is 10.8 Å². The van der Waals surface area contributed by atoms with Crippen LogP contribution in [-0.2, 0) is 10.5 Å². The van der Waals surface area contributed by atoms with Crippen molar-refractivity contribution in [3.63, 3.8) is 0 Å². The van der Waals surface area contributed by atoms with Crippen LogP contribution in [0.25, 0.3) is 0 Å². The molecular weight excluding hydrogens is 364 g/mol. The fourth-order valence-corrected chi connectivity index (χ4v) is 4.99. The van der Waals surface area contributed by atoms with Crippen molar-refractivity contribution in [2.24, 2.45) is 10.9 Å². The summed E-state index contributed by atoms with van der Waals surface area (Å²) in [5, 5.41) is 10.9.